The molecule has 6 heteroatoms. The van der Waals surface area contributed by atoms with Crippen LogP contribution in [0.25, 0.3) is 0 Å². The number of nitrogens with one attached hydrogen (secondary N) is 1. The summed E-state index contributed by atoms with van der Waals surface area (Å²) < 4.78 is 1.19. The molecular formula is C13H18BrN3OS. The van der Waals surface area contributed by atoms with Gasteiger partial charge in [-0.1, -0.05) is 0 Å². The molecule has 0 unspecified atom stereocenters. The van der Waals surface area contributed by atoms with E-state index in [1.54, 1.807) is 11.3 Å². The number of hydrogen-bond acceptors (Lipinski definition) is 4. The van der Waals surface area contributed by atoms with Crippen LogP contribution in [0.15, 0.2) is 15.9 Å². The Hall–Kier alpha value is -0.430. The molecule has 0 spiro atoms. The molecule has 2 aliphatic heterocycles. The summed E-state index contributed by atoms with van der Waals surface area (Å²) in [6.45, 7) is 6.46. The molecular weight excluding hydrogens is 326 g/mol. The third-order valence-corrected chi connectivity index (χ3v) is 5.43. The molecule has 0 saturated carbocycles. The summed E-state index contributed by atoms with van der Waals surface area (Å²) in [5, 5.41) is 3.16. The Morgan fingerprint density at radius 1 is 1.32 bits per heavy atom. The van der Waals surface area contributed by atoms with E-state index in [1.807, 2.05) is 4.90 Å². The molecule has 2 saturated heterocycles. The fourth-order valence-corrected chi connectivity index (χ4v) is 4.03. The lowest BCUT2D eigenvalue weighted by Gasteiger charge is -2.38. The Kier molecular flexibility index (Phi) is 4.21. The zero-order valence-corrected chi connectivity index (χ0v) is 13.2. The summed E-state index contributed by atoms with van der Waals surface area (Å²) in [7, 11) is 0. The molecule has 2 aliphatic rings. The Morgan fingerprint density at radius 3 is 2.58 bits per heavy atom. The van der Waals surface area contributed by atoms with Gasteiger partial charge in [0, 0.05) is 50.7 Å². The van der Waals surface area contributed by atoms with Crippen LogP contribution in [0.4, 0.5) is 0 Å². The molecule has 1 amide bonds. The van der Waals surface area contributed by atoms with Crippen molar-refractivity contribution >= 4 is 33.2 Å². The first-order valence-corrected chi connectivity index (χ1v) is 8.29. The van der Waals surface area contributed by atoms with Crippen LogP contribution in [-0.4, -0.2) is 55.0 Å². The van der Waals surface area contributed by atoms with E-state index in [0.29, 0.717) is 5.91 Å². The smallest absolute Gasteiger partial charge is 0.228 e. The topological polar surface area (TPSA) is 35.6 Å². The van der Waals surface area contributed by atoms with Crippen LogP contribution in [0.2, 0.25) is 0 Å². The van der Waals surface area contributed by atoms with Gasteiger partial charge >= 0.3 is 0 Å². The van der Waals surface area contributed by atoms with Crippen LogP contribution in [0, 0.1) is 5.92 Å². The Labute approximate surface area is 125 Å². The van der Waals surface area contributed by atoms with Crippen molar-refractivity contribution < 1.29 is 4.79 Å². The van der Waals surface area contributed by atoms with E-state index in [9.17, 15) is 4.79 Å². The summed E-state index contributed by atoms with van der Waals surface area (Å²) in [4.78, 5) is 18.0. The SMILES string of the molecule is O=C(C1CNC1)N1CCN(Cc2ccc(Br)s2)CC1. The summed E-state index contributed by atoms with van der Waals surface area (Å²) in [5.74, 6) is 0.581. The Morgan fingerprint density at radius 2 is 2.05 bits per heavy atom. The van der Waals surface area contributed by atoms with Crippen LogP contribution in [-0.2, 0) is 11.3 Å². The average molecular weight is 344 g/mol. The third-order valence-electron chi connectivity index (χ3n) is 3.82. The van der Waals surface area contributed by atoms with Gasteiger partial charge in [0.15, 0.2) is 0 Å². The van der Waals surface area contributed by atoms with Crippen molar-refractivity contribution in [1.29, 1.82) is 0 Å². The molecule has 0 atom stereocenters. The molecule has 4 nitrogen and oxygen atoms in total. The molecule has 0 aromatic carbocycles. The van der Waals surface area contributed by atoms with Gasteiger partial charge in [-0.05, 0) is 28.1 Å². The van der Waals surface area contributed by atoms with Gasteiger partial charge in [-0.3, -0.25) is 9.69 Å². The highest BCUT2D eigenvalue weighted by Gasteiger charge is 2.30. The van der Waals surface area contributed by atoms with Gasteiger partial charge in [0.05, 0.1) is 9.70 Å². The molecule has 1 aromatic heterocycles. The Bertz CT molecular complexity index is 452. The average Bonchev–Trinajstić information content (AvgIpc) is 2.73. The van der Waals surface area contributed by atoms with Gasteiger partial charge in [-0.15, -0.1) is 11.3 Å². The summed E-state index contributed by atoms with van der Waals surface area (Å²) in [6.07, 6.45) is 0. The molecule has 1 aromatic rings. The summed E-state index contributed by atoms with van der Waals surface area (Å²) in [6, 6.07) is 4.27. The lowest BCUT2D eigenvalue weighted by atomic mass is 10.0. The van der Waals surface area contributed by atoms with E-state index >= 15 is 0 Å². The second-order valence-electron chi connectivity index (χ2n) is 5.16. The van der Waals surface area contributed by atoms with Gasteiger partial charge in [-0.2, -0.15) is 0 Å². The highest BCUT2D eigenvalue weighted by Crippen LogP contribution is 2.23. The number of halogens is 1. The van der Waals surface area contributed by atoms with Crippen molar-refractivity contribution in [3.63, 3.8) is 0 Å². The molecule has 0 bridgehead atoms. The lowest BCUT2D eigenvalue weighted by Crippen LogP contribution is -2.56. The van der Waals surface area contributed by atoms with Crippen molar-refractivity contribution in [3.05, 3.63) is 20.8 Å². The van der Waals surface area contributed by atoms with Crippen LogP contribution >= 0.6 is 27.3 Å². The number of rotatable bonds is 3. The van der Waals surface area contributed by atoms with Crippen molar-refractivity contribution in [2.45, 2.75) is 6.54 Å². The number of nitrogens with zero attached hydrogens (tertiary/aromatic N) is 2. The molecule has 104 valence electrons. The van der Waals surface area contributed by atoms with E-state index in [0.717, 1.165) is 45.8 Å². The molecule has 3 heterocycles. The lowest BCUT2D eigenvalue weighted by molar-refractivity contribution is -0.138. The number of thiophene rings is 1. The molecule has 0 aliphatic carbocycles. The normalized spacial score (nSPS) is 21.4. The maximum Gasteiger partial charge on any atom is 0.228 e. The van der Waals surface area contributed by atoms with E-state index in [-0.39, 0.29) is 5.92 Å². The first kappa shape index (κ1) is 13.5. The number of carbonyl (C=O) groups excluding carboxylic acids is 1. The monoisotopic (exact) mass is 343 g/mol. The van der Waals surface area contributed by atoms with Crippen molar-refractivity contribution in [1.82, 2.24) is 15.1 Å². The highest BCUT2D eigenvalue weighted by molar-refractivity contribution is 9.11. The zero-order chi connectivity index (χ0) is 13.2. The zero-order valence-electron chi connectivity index (χ0n) is 10.8. The van der Waals surface area contributed by atoms with E-state index < -0.39 is 0 Å². The maximum absolute atomic E-state index is 12.1. The molecule has 0 radical (unpaired) electrons. The molecule has 19 heavy (non-hydrogen) atoms. The standard InChI is InChI=1S/C13H18BrN3OS/c14-12-2-1-11(19-12)9-16-3-5-17(6-4-16)13(18)10-7-15-8-10/h1-2,10,15H,3-9H2. The van der Waals surface area contributed by atoms with Gasteiger partial charge in [-0.25, -0.2) is 0 Å². The molecule has 2 fully saturated rings. The summed E-state index contributed by atoms with van der Waals surface area (Å²) in [5.41, 5.74) is 0. The third kappa shape index (κ3) is 3.18. The predicted molar refractivity (Wildman–Crippen MR) is 80.2 cm³/mol. The highest BCUT2D eigenvalue weighted by atomic mass is 79.9. The molecule has 1 N–H and O–H groups in total. The van der Waals surface area contributed by atoms with E-state index in [1.165, 1.54) is 8.66 Å². The van der Waals surface area contributed by atoms with Gasteiger partial charge in [0.2, 0.25) is 5.91 Å². The first-order valence-electron chi connectivity index (χ1n) is 6.68. The predicted octanol–water partition coefficient (Wildman–Crippen LogP) is 1.37. The van der Waals surface area contributed by atoms with E-state index in [2.05, 4.69) is 38.3 Å². The second-order valence-corrected chi connectivity index (χ2v) is 7.71. The number of amides is 1. The van der Waals surface area contributed by atoms with Crippen LogP contribution in [0.5, 0.6) is 0 Å². The van der Waals surface area contributed by atoms with Crippen molar-refractivity contribution in [3.8, 4) is 0 Å². The van der Waals surface area contributed by atoms with Crippen LogP contribution < -0.4 is 5.32 Å². The number of piperazine rings is 1. The second kappa shape index (κ2) is 5.91. The van der Waals surface area contributed by atoms with Crippen LogP contribution in [0.1, 0.15) is 4.88 Å². The Balaban J connectivity index is 1.47. The van der Waals surface area contributed by atoms with Crippen LogP contribution in [0.3, 0.4) is 0 Å². The van der Waals surface area contributed by atoms with Gasteiger partial charge in [0.25, 0.3) is 0 Å². The van der Waals surface area contributed by atoms with Crippen molar-refractivity contribution in [2.24, 2.45) is 5.92 Å². The van der Waals surface area contributed by atoms with Gasteiger partial charge in [0.1, 0.15) is 0 Å². The fourth-order valence-electron chi connectivity index (χ4n) is 2.50. The first-order chi connectivity index (χ1) is 9.22. The summed E-state index contributed by atoms with van der Waals surface area (Å²) >= 11 is 5.29. The minimum atomic E-state index is 0.236. The molecule has 3 rings (SSSR count). The maximum atomic E-state index is 12.1. The largest absolute Gasteiger partial charge is 0.340 e. The van der Waals surface area contributed by atoms with E-state index in [4.69, 9.17) is 0 Å². The number of carbonyl (C=O) groups is 1. The van der Waals surface area contributed by atoms with Gasteiger partial charge < -0.3 is 10.2 Å². The number of hydrogen-bond donors (Lipinski definition) is 1. The van der Waals surface area contributed by atoms with Crippen molar-refractivity contribution in [2.75, 3.05) is 39.3 Å². The quantitative estimate of drug-likeness (QED) is 0.900. The fraction of sp³-hybridized carbons (Fsp3) is 0.615. The minimum absolute atomic E-state index is 0.236. The minimum Gasteiger partial charge on any atom is -0.340 e.